The van der Waals surface area contributed by atoms with Crippen molar-refractivity contribution in [2.24, 2.45) is 5.84 Å². The van der Waals surface area contributed by atoms with E-state index in [1.165, 1.54) is 17.7 Å². The number of halogens is 1. The van der Waals surface area contributed by atoms with Crippen LogP contribution >= 0.6 is 15.9 Å². The quantitative estimate of drug-likeness (QED) is 0.489. The third-order valence-corrected chi connectivity index (χ3v) is 3.90. The van der Waals surface area contributed by atoms with Gasteiger partial charge >= 0.3 is 0 Å². The molecule has 0 fully saturated rings. The number of nitro groups is 1. The molecule has 0 aliphatic carbocycles. The molecular weight excluding hydrogens is 342 g/mol. The van der Waals surface area contributed by atoms with Gasteiger partial charge in [0.25, 0.3) is 11.2 Å². The summed E-state index contributed by atoms with van der Waals surface area (Å²) in [6.45, 7) is 1.70. The Bertz CT molecular complexity index is 742. The van der Waals surface area contributed by atoms with Gasteiger partial charge in [-0.1, -0.05) is 6.07 Å². The molecule has 2 aromatic heterocycles. The van der Waals surface area contributed by atoms with Crippen LogP contribution in [0, 0.1) is 17.0 Å². The van der Waals surface area contributed by atoms with Crippen LogP contribution in [0.1, 0.15) is 11.1 Å². The minimum Gasteiger partial charge on any atom is -0.308 e. The van der Waals surface area contributed by atoms with Gasteiger partial charge in [-0.05, 0) is 34.5 Å². The van der Waals surface area contributed by atoms with E-state index in [-0.39, 0.29) is 22.3 Å². The van der Waals surface area contributed by atoms with Crippen molar-refractivity contribution in [2.45, 2.75) is 13.5 Å². The van der Waals surface area contributed by atoms with Crippen LogP contribution in [0.2, 0.25) is 0 Å². The Hall–Kier alpha value is -2.26. The molecule has 0 aromatic carbocycles. The van der Waals surface area contributed by atoms with Gasteiger partial charge in [-0.15, -0.1) is 0 Å². The Morgan fingerprint density at radius 1 is 1.52 bits per heavy atom. The summed E-state index contributed by atoms with van der Waals surface area (Å²) < 4.78 is 1.45. The lowest BCUT2D eigenvalue weighted by molar-refractivity contribution is -0.386. The van der Waals surface area contributed by atoms with E-state index in [2.05, 4.69) is 26.3 Å². The van der Waals surface area contributed by atoms with Crippen LogP contribution < -0.4 is 16.8 Å². The Labute approximate surface area is 127 Å². The lowest BCUT2D eigenvalue weighted by Gasteiger charge is -2.09. The minimum atomic E-state index is -0.518. The molecule has 2 heterocycles. The number of nitrogen functional groups attached to an aromatic ring is 1. The first kappa shape index (κ1) is 15.1. The fourth-order valence-electron chi connectivity index (χ4n) is 1.80. The van der Waals surface area contributed by atoms with Crippen LogP contribution in [0.25, 0.3) is 0 Å². The van der Waals surface area contributed by atoms with Crippen LogP contribution in [0.15, 0.2) is 33.8 Å². The Morgan fingerprint density at radius 2 is 2.24 bits per heavy atom. The molecule has 110 valence electrons. The number of nitrogens with one attached hydrogen (secondary N) is 1. The summed E-state index contributed by atoms with van der Waals surface area (Å²) in [6, 6.07) is 3.38. The molecule has 3 N–H and O–H groups in total. The third kappa shape index (κ3) is 3.09. The molecule has 0 spiro atoms. The van der Waals surface area contributed by atoms with E-state index >= 15 is 0 Å². The van der Waals surface area contributed by atoms with Gasteiger partial charge in [0.2, 0.25) is 0 Å². The first-order chi connectivity index (χ1) is 9.93. The van der Waals surface area contributed by atoms with Crippen molar-refractivity contribution in [1.82, 2.24) is 9.55 Å². The number of hydrazine groups is 1. The molecule has 0 unspecified atom stereocenters. The van der Waals surface area contributed by atoms with Gasteiger partial charge < -0.3 is 9.99 Å². The van der Waals surface area contributed by atoms with E-state index in [0.29, 0.717) is 11.4 Å². The highest BCUT2D eigenvalue weighted by Crippen LogP contribution is 2.22. The zero-order valence-corrected chi connectivity index (χ0v) is 12.6. The largest absolute Gasteiger partial charge is 0.308 e. The molecule has 0 aliphatic heterocycles. The van der Waals surface area contributed by atoms with Crippen molar-refractivity contribution in [3.8, 4) is 0 Å². The van der Waals surface area contributed by atoms with E-state index in [1.807, 2.05) is 0 Å². The van der Waals surface area contributed by atoms with Crippen LogP contribution in [0.4, 0.5) is 11.5 Å². The number of nitrogens with zero attached hydrogens (tertiary/aromatic N) is 3. The molecule has 0 bridgehead atoms. The van der Waals surface area contributed by atoms with Crippen molar-refractivity contribution >= 4 is 27.4 Å². The Balaban J connectivity index is 2.43. The summed E-state index contributed by atoms with van der Waals surface area (Å²) in [5, 5.41) is 11.0. The molecule has 2 aromatic rings. The Kier molecular flexibility index (Phi) is 4.34. The first-order valence-corrected chi connectivity index (χ1v) is 6.68. The molecular formula is C12H12BrN5O3. The zero-order valence-electron chi connectivity index (χ0n) is 11.0. The highest BCUT2D eigenvalue weighted by atomic mass is 79.9. The maximum Gasteiger partial charge on any atom is 0.289 e. The second kappa shape index (κ2) is 6.02. The number of rotatable bonds is 4. The standard InChI is InChI=1S/C12H12BrN5O3/c1-7-9(18(20)21)6-17(12(19)11(7)13)5-8-2-3-10(16-14)15-4-8/h2-4,6H,5,14H2,1H3,(H,15,16). The van der Waals surface area contributed by atoms with E-state index in [0.717, 1.165) is 5.56 Å². The summed E-state index contributed by atoms with van der Waals surface area (Å²) in [6.07, 6.45) is 2.78. The van der Waals surface area contributed by atoms with Crippen LogP contribution in [-0.4, -0.2) is 14.5 Å². The lowest BCUT2D eigenvalue weighted by atomic mass is 10.2. The van der Waals surface area contributed by atoms with Gasteiger partial charge in [0.1, 0.15) is 5.82 Å². The van der Waals surface area contributed by atoms with Crippen LogP contribution in [0.3, 0.4) is 0 Å². The third-order valence-electron chi connectivity index (χ3n) is 2.96. The second-order valence-electron chi connectivity index (χ2n) is 4.34. The van der Waals surface area contributed by atoms with E-state index in [4.69, 9.17) is 5.84 Å². The van der Waals surface area contributed by atoms with Gasteiger partial charge in [0.05, 0.1) is 22.1 Å². The summed E-state index contributed by atoms with van der Waals surface area (Å²) in [4.78, 5) is 26.6. The number of nitrogens with two attached hydrogens (primary N) is 1. The smallest absolute Gasteiger partial charge is 0.289 e. The van der Waals surface area contributed by atoms with Crippen LogP contribution in [0.5, 0.6) is 0 Å². The normalized spacial score (nSPS) is 10.4. The van der Waals surface area contributed by atoms with Gasteiger partial charge in [-0.3, -0.25) is 14.9 Å². The molecule has 0 radical (unpaired) electrons. The SMILES string of the molecule is Cc1c([N+](=O)[O-])cn(Cc2ccc(NN)nc2)c(=O)c1Br. The minimum absolute atomic E-state index is 0.116. The molecule has 21 heavy (non-hydrogen) atoms. The zero-order chi connectivity index (χ0) is 15.6. The van der Waals surface area contributed by atoms with Crippen molar-refractivity contribution in [1.29, 1.82) is 0 Å². The van der Waals surface area contributed by atoms with Gasteiger partial charge in [-0.25, -0.2) is 10.8 Å². The number of hydrogen-bond donors (Lipinski definition) is 2. The summed E-state index contributed by atoms with van der Waals surface area (Å²) in [7, 11) is 0. The molecule has 9 heteroatoms. The van der Waals surface area contributed by atoms with E-state index < -0.39 is 4.92 Å². The summed E-state index contributed by atoms with van der Waals surface area (Å²) >= 11 is 3.11. The number of pyridine rings is 2. The van der Waals surface area contributed by atoms with Crippen molar-refractivity contribution in [3.63, 3.8) is 0 Å². The number of aromatic nitrogens is 2. The fourth-order valence-corrected chi connectivity index (χ4v) is 2.23. The Morgan fingerprint density at radius 3 is 2.76 bits per heavy atom. The van der Waals surface area contributed by atoms with Crippen molar-refractivity contribution in [3.05, 3.63) is 60.6 Å². The molecule has 0 amide bonds. The molecule has 0 saturated heterocycles. The molecule has 2 rings (SSSR count). The number of anilines is 1. The maximum atomic E-state index is 12.1. The topological polar surface area (TPSA) is 116 Å². The molecule has 8 nitrogen and oxygen atoms in total. The van der Waals surface area contributed by atoms with Gasteiger partial charge in [-0.2, -0.15) is 0 Å². The highest BCUT2D eigenvalue weighted by Gasteiger charge is 2.18. The summed E-state index contributed by atoms with van der Waals surface area (Å²) in [5.41, 5.74) is 2.97. The lowest BCUT2D eigenvalue weighted by Crippen LogP contribution is -2.22. The van der Waals surface area contributed by atoms with Gasteiger partial charge in [0, 0.05) is 11.8 Å². The van der Waals surface area contributed by atoms with Crippen molar-refractivity contribution < 1.29 is 4.92 Å². The van der Waals surface area contributed by atoms with Gasteiger partial charge in [0.15, 0.2) is 0 Å². The fraction of sp³-hybridized carbons (Fsp3) is 0.167. The predicted molar refractivity (Wildman–Crippen MR) is 80.9 cm³/mol. The predicted octanol–water partition coefficient (Wildman–Crippen LogP) is 1.56. The average molecular weight is 354 g/mol. The van der Waals surface area contributed by atoms with Crippen molar-refractivity contribution in [2.75, 3.05) is 5.43 Å². The molecule has 0 aliphatic rings. The monoisotopic (exact) mass is 353 g/mol. The number of hydrogen-bond acceptors (Lipinski definition) is 6. The first-order valence-electron chi connectivity index (χ1n) is 5.89. The molecule has 0 atom stereocenters. The van der Waals surface area contributed by atoms with E-state index in [9.17, 15) is 14.9 Å². The maximum absolute atomic E-state index is 12.1. The highest BCUT2D eigenvalue weighted by molar-refractivity contribution is 9.10. The van der Waals surface area contributed by atoms with E-state index in [1.54, 1.807) is 18.3 Å². The average Bonchev–Trinajstić information content (AvgIpc) is 2.48. The second-order valence-corrected chi connectivity index (χ2v) is 5.13. The molecule has 0 saturated carbocycles. The summed E-state index contributed by atoms with van der Waals surface area (Å²) in [5.74, 6) is 5.71. The van der Waals surface area contributed by atoms with Crippen LogP contribution in [-0.2, 0) is 6.54 Å².